The number of hydrogen-bond acceptors (Lipinski definition) is 4. The van der Waals surface area contributed by atoms with E-state index in [-0.39, 0.29) is 18.0 Å². The van der Waals surface area contributed by atoms with E-state index in [1.807, 2.05) is 31.3 Å². The van der Waals surface area contributed by atoms with Crippen LogP contribution >= 0.6 is 0 Å². The van der Waals surface area contributed by atoms with Crippen LogP contribution in [0.4, 0.5) is 4.79 Å². The van der Waals surface area contributed by atoms with Crippen LogP contribution in [-0.2, 0) is 16.5 Å². The topological polar surface area (TPSA) is 68.6 Å². The monoisotopic (exact) mass is 336 g/mol. The summed E-state index contributed by atoms with van der Waals surface area (Å²) in [6.07, 6.45) is 6.65. The van der Waals surface area contributed by atoms with Gasteiger partial charge in [0.05, 0.1) is 25.5 Å². The number of rotatable bonds is 5. The quantitative estimate of drug-likeness (QED) is 0.893. The van der Waals surface area contributed by atoms with Crippen molar-refractivity contribution in [2.24, 2.45) is 13.0 Å². The average molecular weight is 336 g/mol. The highest BCUT2D eigenvalue weighted by Gasteiger charge is 2.34. The molecule has 134 valence electrons. The lowest BCUT2D eigenvalue weighted by Gasteiger charge is -2.28. The molecule has 0 aromatic carbocycles. The third-order valence-corrected chi connectivity index (χ3v) is 4.84. The molecule has 2 fully saturated rings. The van der Waals surface area contributed by atoms with E-state index in [9.17, 15) is 4.79 Å². The minimum absolute atomic E-state index is 0.00612. The van der Waals surface area contributed by atoms with Gasteiger partial charge in [0.2, 0.25) is 0 Å². The molecular weight excluding hydrogens is 308 g/mol. The molecule has 7 heteroatoms. The standard InChI is InChI=1S/C17H28N4O3/c1-13(9-17(2)23-7-8-24-17)10-18-16(22)21-6-4-5-15(21)14-11-19-20(3)12-14/h11-13,15H,4-10H2,1-3H3,(H,18,22). The van der Waals surface area contributed by atoms with Gasteiger partial charge in [-0.15, -0.1) is 0 Å². The van der Waals surface area contributed by atoms with Gasteiger partial charge in [-0.2, -0.15) is 5.10 Å². The molecule has 2 aliphatic heterocycles. The van der Waals surface area contributed by atoms with Crippen LogP contribution in [0.25, 0.3) is 0 Å². The zero-order chi connectivity index (χ0) is 17.2. The van der Waals surface area contributed by atoms with E-state index >= 15 is 0 Å². The maximum absolute atomic E-state index is 12.6. The molecule has 7 nitrogen and oxygen atoms in total. The molecule has 0 aliphatic carbocycles. The molecule has 2 unspecified atom stereocenters. The van der Waals surface area contributed by atoms with Gasteiger partial charge in [-0.3, -0.25) is 4.68 Å². The Morgan fingerprint density at radius 3 is 2.92 bits per heavy atom. The second-order valence-corrected chi connectivity index (χ2v) is 7.12. The lowest BCUT2D eigenvalue weighted by molar-refractivity contribution is -0.153. The molecule has 0 spiro atoms. The number of hydrogen-bond donors (Lipinski definition) is 1. The summed E-state index contributed by atoms with van der Waals surface area (Å²) in [5.74, 6) is -0.216. The Labute approximate surface area is 143 Å². The van der Waals surface area contributed by atoms with Gasteiger partial charge in [0.15, 0.2) is 5.79 Å². The maximum atomic E-state index is 12.6. The maximum Gasteiger partial charge on any atom is 0.317 e. The zero-order valence-electron chi connectivity index (χ0n) is 14.8. The van der Waals surface area contributed by atoms with E-state index in [2.05, 4.69) is 17.3 Å². The highest BCUT2D eigenvalue weighted by Crippen LogP contribution is 2.31. The van der Waals surface area contributed by atoms with Gasteiger partial charge in [0.1, 0.15) is 0 Å². The molecule has 0 radical (unpaired) electrons. The molecule has 3 rings (SSSR count). The second-order valence-electron chi connectivity index (χ2n) is 7.12. The number of nitrogens with zero attached hydrogens (tertiary/aromatic N) is 3. The lowest BCUT2D eigenvalue weighted by atomic mass is 10.0. The van der Waals surface area contributed by atoms with Crippen LogP contribution in [0.5, 0.6) is 0 Å². The Balaban J connectivity index is 1.50. The fourth-order valence-electron chi connectivity index (χ4n) is 3.71. The number of likely N-dealkylation sites (tertiary alicyclic amines) is 1. The third-order valence-electron chi connectivity index (χ3n) is 4.84. The van der Waals surface area contributed by atoms with Crippen LogP contribution < -0.4 is 5.32 Å². The van der Waals surface area contributed by atoms with Gasteiger partial charge in [0, 0.05) is 38.3 Å². The number of nitrogens with one attached hydrogen (secondary N) is 1. The fourth-order valence-corrected chi connectivity index (χ4v) is 3.71. The van der Waals surface area contributed by atoms with Gasteiger partial charge < -0.3 is 19.7 Å². The van der Waals surface area contributed by atoms with Crippen molar-refractivity contribution >= 4 is 6.03 Å². The highest BCUT2D eigenvalue weighted by atomic mass is 16.7. The van der Waals surface area contributed by atoms with Crippen molar-refractivity contribution in [2.75, 3.05) is 26.3 Å². The molecular formula is C17H28N4O3. The molecule has 0 saturated carbocycles. The van der Waals surface area contributed by atoms with E-state index in [4.69, 9.17) is 9.47 Å². The van der Waals surface area contributed by atoms with E-state index < -0.39 is 5.79 Å². The Morgan fingerprint density at radius 2 is 2.25 bits per heavy atom. The minimum atomic E-state index is -0.504. The summed E-state index contributed by atoms with van der Waals surface area (Å²) >= 11 is 0. The van der Waals surface area contributed by atoms with Crippen molar-refractivity contribution in [3.8, 4) is 0 Å². The van der Waals surface area contributed by atoms with Crippen LogP contribution in [0.2, 0.25) is 0 Å². The average Bonchev–Trinajstić information content (AvgIpc) is 3.25. The Hall–Kier alpha value is -1.60. The molecule has 1 aromatic heterocycles. The smallest absolute Gasteiger partial charge is 0.317 e. The van der Waals surface area contributed by atoms with Crippen LogP contribution in [0.3, 0.4) is 0 Å². The van der Waals surface area contributed by atoms with Crippen LogP contribution in [0.1, 0.15) is 44.7 Å². The first kappa shape index (κ1) is 17.2. The third kappa shape index (κ3) is 3.89. The number of amides is 2. The first-order valence-electron chi connectivity index (χ1n) is 8.78. The van der Waals surface area contributed by atoms with Gasteiger partial charge >= 0.3 is 6.03 Å². The molecule has 1 N–H and O–H groups in total. The number of carbonyl (C=O) groups is 1. The van der Waals surface area contributed by atoms with Crippen molar-refractivity contribution in [3.05, 3.63) is 18.0 Å². The molecule has 3 heterocycles. The molecule has 0 bridgehead atoms. The predicted molar refractivity (Wildman–Crippen MR) is 89.4 cm³/mol. The van der Waals surface area contributed by atoms with Crippen molar-refractivity contribution in [1.29, 1.82) is 0 Å². The first-order valence-corrected chi connectivity index (χ1v) is 8.78. The zero-order valence-corrected chi connectivity index (χ0v) is 14.8. The summed E-state index contributed by atoms with van der Waals surface area (Å²) in [6, 6.07) is 0.139. The molecule has 2 atom stereocenters. The van der Waals surface area contributed by atoms with E-state index in [0.29, 0.717) is 19.8 Å². The summed E-state index contributed by atoms with van der Waals surface area (Å²) in [6.45, 7) is 6.80. The van der Waals surface area contributed by atoms with Crippen molar-refractivity contribution in [2.45, 2.75) is 44.9 Å². The van der Waals surface area contributed by atoms with Gasteiger partial charge in [-0.05, 0) is 25.7 Å². The van der Waals surface area contributed by atoms with Crippen molar-refractivity contribution in [3.63, 3.8) is 0 Å². The molecule has 2 saturated heterocycles. The van der Waals surface area contributed by atoms with Gasteiger partial charge in [-0.25, -0.2) is 4.79 Å². The van der Waals surface area contributed by atoms with E-state index in [1.54, 1.807) is 4.68 Å². The molecule has 24 heavy (non-hydrogen) atoms. The van der Waals surface area contributed by atoms with E-state index in [0.717, 1.165) is 31.4 Å². The minimum Gasteiger partial charge on any atom is -0.348 e. The Bertz CT molecular complexity index is 568. The number of urea groups is 1. The van der Waals surface area contributed by atoms with Crippen LogP contribution in [-0.4, -0.2) is 52.8 Å². The fraction of sp³-hybridized carbons (Fsp3) is 0.765. The summed E-state index contributed by atoms with van der Waals surface area (Å²) in [5, 5.41) is 7.30. The Kier molecular flexibility index (Phi) is 5.10. The highest BCUT2D eigenvalue weighted by molar-refractivity contribution is 5.75. The number of aromatic nitrogens is 2. The van der Waals surface area contributed by atoms with Crippen molar-refractivity contribution < 1.29 is 14.3 Å². The number of carbonyl (C=O) groups excluding carboxylic acids is 1. The summed E-state index contributed by atoms with van der Waals surface area (Å²) in [4.78, 5) is 14.5. The first-order chi connectivity index (χ1) is 11.5. The van der Waals surface area contributed by atoms with Crippen LogP contribution in [0.15, 0.2) is 12.4 Å². The predicted octanol–water partition coefficient (Wildman–Crippen LogP) is 2.06. The second kappa shape index (κ2) is 7.11. The molecule has 2 aliphatic rings. The summed E-state index contributed by atoms with van der Waals surface area (Å²) < 4.78 is 13.1. The molecule has 2 amide bonds. The normalized spacial score (nSPS) is 24.3. The van der Waals surface area contributed by atoms with Crippen LogP contribution in [0, 0.1) is 5.92 Å². The lowest BCUT2D eigenvalue weighted by Crippen LogP contribution is -2.42. The SMILES string of the molecule is CC(CNC(=O)N1CCCC1c1cnn(C)c1)CC1(C)OCCO1. The summed E-state index contributed by atoms with van der Waals surface area (Å²) in [5.41, 5.74) is 1.11. The van der Waals surface area contributed by atoms with Crippen molar-refractivity contribution in [1.82, 2.24) is 20.0 Å². The van der Waals surface area contributed by atoms with Gasteiger partial charge in [-0.1, -0.05) is 6.92 Å². The molecule has 1 aromatic rings. The van der Waals surface area contributed by atoms with E-state index in [1.165, 1.54) is 0 Å². The largest absolute Gasteiger partial charge is 0.348 e. The summed E-state index contributed by atoms with van der Waals surface area (Å²) in [7, 11) is 1.90. The number of aryl methyl sites for hydroxylation is 1. The Morgan fingerprint density at radius 1 is 1.50 bits per heavy atom. The number of ether oxygens (including phenoxy) is 2. The van der Waals surface area contributed by atoms with Gasteiger partial charge in [0.25, 0.3) is 0 Å².